The molecule has 2 atom stereocenters. The van der Waals surface area contributed by atoms with Crippen LogP contribution in [0, 0.1) is 0 Å². The van der Waals surface area contributed by atoms with Crippen molar-refractivity contribution in [2.24, 2.45) is 0 Å². The molecule has 0 fully saturated rings. The summed E-state index contributed by atoms with van der Waals surface area (Å²) in [5.41, 5.74) is 15.2. The van der Waals surface area contributed by atoms with Gasteiger partial charge in [-0.05, 0) is 0 Å². The third kappa shape index (κ3) is 2.52. The summed E-state index contributed by atoms with van der Waals surface area (Å²) in [5.74, 6) is 0. The van der Waals surface area contributed by atoms with E-state index in [0.717, 1.165) is 0 Å². The van der Waals surface area contributed by atoms with Gasteiger partial charge >= 0.3 is 204 Å². The van der Waals surface area contributed by atoms with E-state index in [0.29, 0.717) is 12.1 Å². The number of benzene rings is 2. The maximum absolute atomic E-state index is 3.18. The van der Waals surface area contributed by atoms with Crippen molar-refractivity contribution in [2.45, 2.75) is 49.1 Å². The Morgan fingerprint density at radius 1 is 0.606 bits per heavy atom. The zero-order valence-corrected chi connectivity index (χ0v) is 24.8. The van der Waals surface area contributed by atoms with Crippen LogP contribution in [0.2, 0.25) is 9.36 Å². The molecule has 33 heavy (non-hydrogen) atoms. The fraction of sp³-hybridized carbons (Fsp3) is 0.333. The fourth-order valence-corrected chi connectivity index (χ4v) is 23.3. The number of hydrogen-bond donors (Lipinski definition) is 0. The topological polar surface area (TPSA) is 6.48 Å². The molecule has 0 aromatic heterocycles. The van der Waals surface area contributed by atoms with Gasteiger partial charge in [0.05, 0.1) is 0 Å². The van der Waals surface area contributed by atoms with Gasteiger partial charge in [-0.25, -0.2) is 0 Å². The van der Waals surface area contributed by atoms with Gasteiger partial charge in [-0.1, -0.05) is 0 Å². The minimum absolute atomic E-state index is 0.406. The zero-order valence-electron chi connectivity index (χ0n) is 21.2. The van der Waals surface area contributed by atoms with Gasteiger partial charge in [-0.2, -0.15) is 0 Å². The second-order valence-electron chi connectivity index (χ2n) is 10.9. The van der Waals surface area contributed by atoms with Crippen molar-refractivity contribution < 1.29 is 20.0 Å². The Balaban J connectivity index is 1.65. The van der Waals surface area contributed by atoms with Crippen molar-refractivity contribution in [3.05, 3.63) is 88.6 Å². The molecule has 0 spiro atoms. The van der Waals surface area contributed by atoms with Crippen LogP contribution >= 0.6 is 0 Å². The van der Waals surface area contributed by atoms with E-state index >= 15 is 0 Å². The zero-order chi connectivity index (χ0) is 23.4. The van der Waals surface area contributed by atoms with Crippen LogP contribution in [0.3, 0.4) is 0 Å². The van der Waals surface area contributed by atoms with E-state index < -0.39 is 20.0 Å². The molecule has 0 saturated carbocycles. The molecule has 0 saturated heterocycles. The molecule has 4 aliphatic rings. The Labute approximate surface area is 203 Å². The van der Waals surface area contributed by atoms with Gasteiger partial charge in [0.1, 0.15) is 0 Å². The summed E-state index contributed by atoms with van der Waals surface area (Å²) in [5, 5.41) is 0. The molecule has 168 valence electrons. The number of likely N-dealkylation sites (N-methyl/N-ethyl adjacent to an activating group) is 2. The first-order valence-electron chi connectivity index (χ1n) is 12.2. The van der Waals surface area contributed by atoms with E-state index in [4.69, 9.17) is 0 Å². The normalized spacial score (nSPS) is 23.8. The quantitative estimate of drug-likeness (QED) is 0.332. The van der Waals surface area contributed by atoms with Gasteiger partial charge in [0.25, 0.3) is 0 Å². The Morgan fingerprint density at radius 3 is 1.36 bits per heavy atom. The van der Waals surface area contributed by atoms with Gasteiger partial charge in [0, 0.05) is 0 Å². The molecular formula is C30H34HfN2. The standard InChI is InChI=1S/2C14H14N.2CH3.Hf/c2*1-9-8-12-11-6-4-5-7-13(11)15(3)14(12)10(9)2;;;/h2*4-7,14H,1-3H3;2*1H3;. The number of fused-ring (bicyclic) bond motifs is 6. The van der Waals surface area contributed by atoms with Crippen molar-refractivity contribution in [1.29, 1.82) is 0 Å². The van der Waals surface area contributed by atoms with Crippen LogP contribution in [0.25, 0.3) is 11.1 Å². The molecule has 0 N–H and O–H groups in total. The van der Waals surface area contributed by atoms with E-state index in [1.54, 1.807) is 40.1 Å². The molecule has 2 aliphatic carbocycles. The predicted octanol–water partition coefficient (Wildman–Crippen LogP) is 7.40. The summed E-state index contributed by atoms with van der Waals surface area (Å²) < 4.78 is 8.89. The predicted molar refractivity (Wildman–Crippen MR) is 140 cm³/mol. The SMILES string of the molecule is CC1=C(C)C2C(=[C]1[Hf]([CH3])([CH3])[C]1=C3c4ccccc4N(C)C3C(C)=C1C)c1ccccc1N2C. The second kappa shape index (κ2) is 6.95. The molecule has 2 aromatic rings. The third-order valence-corrected chi connectivity index (χ3v) is 22.6. The molecule has 2 nitrogen and oxygen atoms in total. The van der Waals surface area contributed by atoms with Crippen molar-refractivity contribution in [3.63, 3.8) is 0 Å². The number of anilines is 2. The number of allylic oxidation sites excluding steroid dienone is 4. The van der Waals surface area contributed by atoms with Gasteiger partial charge in [0.15, 0.2) is 0 Å². The van der Waals surface area contributed by atoms with E-state index in [9.17, 15) is 0 Å². The summed E-state index contributed by atoms with van der Waals surface area (Å²) in [4.78, 5) is 5.03. The Kier molecular flexibility index (Phi) is 4.51. The van der Waals surface area contributed by atoms with Crippen molar-refractivity contribution in [2.75, 3.05) is 23.9 Å². The maximum atomic E-state index is 2.69. The first-order valence-corrected chi connectivity index (χ1v) is 22.9. The molecule has 2 heterocycles. The number of nitrogens with zero attached hydrogens (tertiary/aromatic N) is 2. The van der Waals surface area contributed by atoms with E-state index in [2.05, 4.69) is 109 Å². The van der Waals surface area contributed by atoms with Crippen molar-refractivity contribution in [1.82, 2.24) is 0 Å². The molecule has 0 amide bonds. The number of hydrogen-bond acceptors (Lipinski definition) is 2. The summed E-state index contributed by atoms with van der Waals surface area (Å²) >= 11 is -3.18. The van der Waals surface area contributed by atoms with E-state index in [1.807, 2.05) is 0 Å². The summed E-state index contributed by atoms with van der Waals surface area (Å²) in [6.07, 6.45) is 0. The summed E-state index contributed by atoms with van der Waals surface area (Å²) in [6.45, 7) is 9.57. The average Bonchev–Trinajstić information content (AvgIpc) is 3.43. The Morgan fingerprint density at radius 2 is 0.970 bits per heavy atom. The van der Waals surface area contributed by atoms with Crippen LogP contribution in [0.1, 0.15) is 38.8 Å². The monoisotopic (exact) mass is 602 g/mol. The van der Waals surface area contributed by atoms with Crippen LogP contribution in [0.15, 0.2) is 77.5 Å². The number of para-hydroxylation sites is 2. The van der Waals surface area contributed by atoms with Gasteiger partial charge in [-0.15, -0.1) is 0 Å². The van der Waals surface area contributed by atoms with Crippen LogP contribution < -0.4 is 9.80 Å². The molecule has 6 rings (SSSR count). The van der Waals surface area contributed by atoms with Gasteiger partial charge in [-0.3, -0.25) is 0 Å². The first kappa shape index (κ1) is 21.4. The molecule has 2 aromatic carbocycles. The summed E-state index contributed by atoms with van der Waals surface area (Å²) in [7, 11) is 4.57. The average molecular weight is 601 g/mol. The molecule has 2 aliphatic heterocycles. The van der Waals surface area contributed by atoms with Gasteiger partial charge < -0.3 is 0 Å². The van der Waals surface area contributed by atoms with Crippen molar-refractivity contribution in [3.8, 4) is 0 Å². The Bertz CT molecular complexity index is 1260. The van der Waals surface area contributed by atoms with Crippen molar-refractivity contribution >= 4 is 22.5 Å². The van der Waals surface area contributed by atoms with Crippen LogP contribution in [-0.2, 0) is 20.0 Å². The molecule has 2 unspecified atom stereocenters. The first-order chi connectivity index (χ1) is 15.7. The third-order valence-electron chi connectivity index (χ3n) is 9.01. The fourth-order valence-electron chi connectivity index (χ4n) is 7.48. The van der Waals surface area contributed by atoms with Crippen LogP contribution in [0.5, 0.6) is 0 Å². The molecule has 3 heteroatoms. The number of rotatable bonds is 2. The second-order valence-corrected chi connectivity index (χ2v) is 26.1. The molecule has 0 bridgehead atoms. The van der Waals surface area contributed by atoms with Crippen LogP contribution in [0.4, 0.5) is 11.4 Å². The van der Waals surface area contributed by atoms with E-state index in [-0.39, 0.29) is 0 Å². The van der Waals surface area contributed by atoms with Crippen LogP contribution in [-0.4, -0.2) is 26.2 Å². The van der Waals surface area contributed by atoms with Gasteiger partial charge in [0.2, 0.25) is 0 Å². The van der Waals surface area contributed by atoms with E-state index in [1.165, 1.54) is 22.5 Å². The summed E-state index contributed by atoms with van der Waals surface area (Å²) in [6, 6.07) is 18.9. The minimum atomic E-state index is -3.18. The Hall–Kier alpha value is -2.13. The molecule has 0 radical (unpaired) electrons. The molecular weight excluding hydrogens is 567 g/mol.